The molecule has 0 spiro atoms. The fraction of sp³-hybridized carbons (Fsp3) is 0.529. The van der Waals surface area contributed by atoms with Crippen LogP contribution in [-0.4, -0.2) is 42.1 Å². The second-order valence-electron chi connectivity index (χ2n) is 6.11. The monoisotopic (exact) mass is 306 g/mol. The summed E-state index contributed by atoms with van der Waals surface area (Å²) < 4.78 is 5.50. The SMILES string of the molecule is CC1C2CC=CC=C2N2C=CC=C(N3CCOCC3)C12.Cl. The third-order valence-electron chi connectivity index (χ3n) is 5.10. The Labute approximate surface area is 133 Å². The summed E-state index contributed by atoms with van der Waals surface area (Å²) in [4.78, 5) is 5.02. The van der Waals surface area contributed by atoms with E-state index >= 15 is 0 Å². The van der Waals surface area contributed by atoms with Gasteiger partial charge in [0.1, 0.15) is 0 Å². The van der Waals surface area contributed by atoms with E-state index in [1.54, 1.807) is 0 Å². The molecule has 0 aromatic heterocycles. The van der Waals surface area contributed by atoms with Crippen molar-refractivity contribution in [1.82, 2.24) is 9.80 Å². The Bertz CT molecular complexity index is 517. The second kappa shape index (κ2) is 5.90. The molecule has 1 aliphatic carbocycles. The average molecular weight is 307 g/mol. The molecule has 2 saturated heterocycles. The summed E-state index contributed by atoms with van der Waals surface area (Å²) in [6, 6.07) is 0.509. The van der Waals surface area contributed by atoms with Crippen molar-refractivity contribution in [2.75, 3.05) is 26.3 Å². The first kappa shape index (κ1) is 14.7. The van der Waals surface area contributed by atoms with Crippen LogP contribution >= 0.6 is 12.4 Å². The first-order chi connectivity index (χ1) is 9.86. The summed E-state index contributed by atoms with van der Waals surface area (Å²) in [6.07, 6.45) is 14.8. The van der Waals surface area contributed by atoms with E-state index in [0.29, 0.717) is 17.9 Å². The van der Waals surface area contributed by atoms with Crippen LogP contribution in [-0.2, 0) is 4.74 Å². The van der Waals surface area contributed by atoms with Gasteiger partial charge in [-0.2, -0.15) is 0 Å². The lowest BCUT2D eigenvalue weighted by atomic mass is 9.85. The highest BCUT2D eigenvalue weighted by molar-refractivity contribution is 5.85. The van der Waals surface area contributed by atoms with Crippen LogP contribution in [0.3, 0.4) is 0 Å². The quantitative estimate of drug-likeness (QED) is 0.741. The van der Waals surface area contributed by atoms with Crippen molar-refractivity contribution in [2.24, 2.45) is 11.8 Å². The van der Waals surface area contributed by atoms with Crippen LogP contribution in [0.5, 0.6) is 0 Å². The Balaban J connectivity index is 0.00000132. The minimum Gasteiger partial charge on any atom is -0.378 e. The number of hydrogen-bond donors (Lipinski definition) is 0. The van der Waals surface area contributed by atoms with E-state index in [-0.39, 0.29) is 12.4 Å². The van der Waals surface area contributed by atoms with Gasteiger partial charge >= 0.3 is 0 Å². The second-order valence-corrected chi connectivity index (χ2v) is 6.11. The fourth-order valence-electron chi connectivity index (χ4n) is 4.07. The van der Waals surface area contributed by atoms with E-state index in [1.165, 1.54) is 17.8 Å². The van der Waals surface area contributed by atoms with Gasteiger partial charge in [-0.05, 0) is 30.6 Å². The molecule has 3 unspecified atom stereocenters. The topological polar surface area (TPSA) is 15.7 Å². The number of fused-ring (bicyclic) bond motifs is 3. The number of halogens is 1. The Morgan fingerprint density at radius 1 is 1.10 bits per heavy atom. The standard InChI is InChI=1S/C17H22N2O.ClH/c1-13-14-5-2-3-6-15(14)19-8-4-7-16(17(13)19)18-9-11-20-12-10-18;/h2-4,6-8,13-14,17H,5,9-12H2,1H3;1H. The van der Waals surface area contributed by atoms with Gasteiger partial charge in [-0.3, -0.25) is 0 Å². The lowest BCUT2D eigenvalue weighted by Crippen LogP contribution is -2.44. The number of allylic oxidation sites excluding steroid dienone is 6. The maximum absolute atomic E-state index is 5.50. The molecule has 114 valence electrons. The molecule has 4 rings (SSSR count). The lowest BCUT2D eigenvalue weighted by molar-refractivity contribution is 0.0461. The summed E-state index contributed by atoms with van der Waals surface area (Å²) in [5.74, 6) is 1.35. The predicted molar refractivity (Wildman–Crippen MR) is 87.0 cm³/mol. The molecule has 0 saturated carbocycles. The van der Waals surface area contributed by atoms with Crippen molar-refractivity contribution >= 4 is 12.4 Å². The van der Waals surface area contributed by atoms with Crippen molar-refractivity contribution in [3.8, 4) is 0 Å². The fourth-order valence-corrected chi connectivity index (χ4v) is 4.07. The normalized spacial score (nSPS) is 33.9. The zero-order valence-electron chi connectivity index (χ0n) is 12.4. The summed E-state index contributed by atoms with van der Waals surface area (Å²) in [5, 5.41) is 0. The molecule has 4 heteroatoms. The summed E-state index contributed by atoms with van der Waals surface area (Å²) in [6.45, 7) is 6.18. The molecule has 3 aliphatic heterocycles. The largest absolute Gasteiger partial charge is 0.378 e. The third-order valence-corrected chi connectivity index (χ3v) is 5.10. The zero-order chi connectivity index (χ0) is 13.5. The van der Waals surface area contributed by atoms with Crippen molar-refractivity contribution in [3.63, 3.8) is 0 Å². The van der Waals surface area contributed by atoms with Crippen LogP contribution in [0.2, 0.25) is 0 Å². The van der Waals surface area contributed by atoms with Gasteiger partial charge in [-0.15, -0.1) is 12.4 Å². The lowest BCUT2D eigenvalue weighted by Gasteiger charge is -2.39. The molecule has 0 radical (unpaired) electrons. The summed E-state index contributed by atoms with van der Waals surface area (Å²) in [5.41, 5.74) is 2.98. The average Bonchev–Trinajstić information content (AvgIpc) is 2.82. The molecular weight excluding hydrogens is 284 g/mol. The summed E-state index contributed by atoms with van der Waals surface area (Å²) in [7, 11) is 0. The van der Waals surface area contributed by atoms with Crippen LogP contribution in [0.4, 0.5) is 0 Å². The number of nitrogens with zero attached hydrogens (tertiary/aromatic N) is 2. The molecular formula is C17H23ClN2O. The van der Waals surface area contributed by atoms with E-state index in [9.17, 15) is 0 Å². The molecule has 21 heavy (non-hydrogen) atoms. The number of morpholine rings is 1. The Morgan fingerprint density at radius 3 is 2.67 bits per heavy atom. The van der Waals surface area contributed by atoms with Crippen LogP contribution in [0.25, 0.3) is 0 Å². The molecule has 2 fully saturated rings. The minimum absolute atomic E-state index is 0. The van der Waals surface area contributed by atoms with E-state index in [1.807, 2.05) is 0 Å². The van der Waals surface area contributed by atoms with E-state index in [0.717, 1.165) is 26.3 Å². The highest BCUT2D eigenvalue weighted by Gasteiger charge is 2.45. The van der Waals surface area contributed by atoms with Gasteiger partial charge in [0, 0.05) is 36.6 Å². The van der Waals surface area contributed by atoms with E-state index in [4.69, 9.17) is 4.74 Å². The molecule has 0 N–H and O–H groups in total. The molecule has 0 amide bonds. The first-order valence-corrected chi connectivity index (χ1v) is 7.72. The number of ether oxygens (including phenoxy) is 1. The van der Waals surface area contributed by atoms with Crippen LogP contribution in [0.1, 0.15) is 13.3 Å². The number of rotatable bonds is 1. The Morgan fingerprint density at radius 2 is 1.86 bits per heavy atom. The van der Waals surface area contributed by atoms with Crippen LogP contribution in [0, 0.1) is 11.8 Å². The number of hydrogen-bond acceptors (Lipinski definition) is 3. The molecule has 4 aliphatic rings. The van der Waals surface area contributed by atoms with Gasteiger partial charge in [0.05, 0.1) is 19.3 Å². The third kappa shape index (κ3) is 2.33. The van der Waals surface area contributed by atoms with Crippen LogP contribution < -0.4 is 0 Å². The highest BCUT2D eigenvalue weighted by Crippen LogP contribution is 2.46. The Hall–Kier alpha value is -1.19. The molecule has 0 aromatic rings. The molecule has 3 atom stereocenters. The van der Waals surface area contributed by atoms with Gasteiger partial charge in [-0.1, -0.05) is 19.1 Å². The molecule has 3 heterocycles. The smallest absolute Gasteiger partial charge is 0.0762 e. The molecule has 0 aromatic carbocycles. The van der Waals surface area contributed by atoms with Crippen molar-refractivity contribution in [1.29, 1.82) is 0 Å². The van der Waals surface area contributed by atoms with Gasteiger partial charge in [-0.25, -0.2) is 0 Å². The highest BCUT2D eigenvalue weighted by atomic mass is 35.5. The maximum Gasteiger partial charge on any atom is 0.0762 e. The maximum atomic E-state index is 5.50. The molecule has 3 nitrogen and oxygen atoms in total. The zero-order valence-corrected chi connectivity index (χ0v) is 13.3. The first-order valence-electron chi connectivity index (χ1n) is 7.72. The van der Waals surface area contributed by atoms with Crippen molar-refractivity contribution in [2.45, 2.75) is 19.4 Å². The minimum atomic E-state index is 0. The van der Waals surface area contributed by atoms with Crippen molar-refractivity contribution < 1.29 is 4.74 Å². The summed E-state index contributed by atoms with van der Waals surface area (Å²) >= 11 is 0. The van der Waals surface area contributed by atoms with E-state index in [2.05, 4.69) is 53.3 Å². The van der Waals surface area contributed by atoms with Gasteiger partial charge in [0.15, 0.2) is 0 Å². The van der Waals surface area contributed by atoms with Crippen LogP contribution in [0.15, 0.2) is 48.0 Å². The van der Waals surface area contributed by atoms with E-state index < -0.39 is 0 Å². The Kier molecular flexibility index (Phi) is 4.14. The van der Waals surface area contributed by atoms with Gasteiger partial charge in [0.2, 0.25) is 0 Å². The van der Waals surface area contributed by atoms with Gasteiger partial charge in [0.25, 0.3) is 0 Å². The van der Waals surface area contributed by atoms with Gasteiger partial charge < -0.3 is 14.5 Å². The molecule has 0 bridgehead atoms. The predicted octanol–water partition coefficient (Wildman–Crippen LogP) is 2.93. The van der Waals surface area contributed by atoms with Crippen molar-refractivity contribution in [3.05, 3.63) is 48.0 Å².